The summed E-state index contributed by atoms with van der Waals surface area (Å²) in [5.41, 5.74) is 0.909. The van der Waals surface area contributed by atoms with Crippen molar-refractivity contribution in [3.8, 4) is 5.75 Å². The van der Waals surface area contributed by atoms with Crippen LogP contribution in [0.2, 0.25) is 0 Å². The molecule has 1 atom stereocenters. The SMILES string of the molecule is CC(C)Oc1cncc(C(O)CC(C)(C)C)c1. The molecule has 0 spiro atoms. The summed E-state index contributed by atoms with van der Waals surface area (Å²) in [6.07, 6.45) is 3.71. The molecule has 1 rings (SSSR count). The minimum absolute atomic E-state index is 0.0916. The number of hydrogen-bond donors (Lipinski definition) is 1. The molecule has 1 heterocycles. The van der Waals surface area contributed by atoms with Gasteiger partial charge >= 0.3 is 0 Å². The van der Waals surface area contributed by atoms with E-state index in [1.165, 1.54) is 0 Å². The first-order valence-electron chi connectivity index (χ1n) is 6.07. The quantitative estimate of drug-likeness (QED) is 0.873. The molecule has 1 aromatic rings. The summed E-state index contributed by atoms with van der Waals surface area (Å²) < 4.78 is 5.56. The molecule has 0 fully saturated rings. The number of pyridine rings is 1. The average Bonchev–Trinajstić information content (AvgIpc) is 2.14. The fourth-order valence-corrected chi connectivity index (χ4v) is 1.65. The van der Waals surface area contributed by atoms with Gasteiger partial charge in [0.05, 0.1) is 18.4 Å². The largest absolute Gasteiger partial charge is 0.489 e. The van der Waals surface area contributed by atoms with Crippen LogP contribution in [0.5, 0.6) is 5.75 Å². The maximum Gasteiger partial charge on any atom is 0.138 e. The highest BCUT2D eigenvalue weighted by Crippen LogP contribution is 2.30. The van der Waals surface area contributed by atoms with Crippen LogP contribution in [0, 0.1) is 5.41 Å². The van der Waals surface area contributed by atoms with Crippen molar-refractivity contribution >= 4 is 0 Å². The lowest BCUT2D eigenvalue weighted by Gasteiger charge is -2.22. The lowest BCUT2D eigenvalue weighted by Crippen LogP contribution is -2.12. The fraction of sp³-hybridized carbons (Fsp3) is 0.643. The summed E-state index contributed by atoms with van der Waals surface area (Å²) in [7, 11) is 0. The highest BCUT2D eigenvalue weighted by molar-refractivity contribution is 5.25. The molecule has 0 amide bonds. The van der Waals surface area contributed by atoms with Gasteiger partial charge in [0.1, 0.15) is 5.75 Å². The summed E-state index contributed by atoms with van der Waals surface area (Å²) in [5, 5.41) is 10.1. The molecular formula is C14H23NO2. The fourth-order valence-electron chi connectivity index (χ4n) is 1.65. The van der Waals surface area contributed by atoms with Crippen LogP contribution in [0.15, 0.2) is 18.5 Å². The van der Waals surface area contributed by atoms with E-state index < -0.39 is 6.10 Å². The van der Waals surface area contributed by atoms with Gasteiger partial charge in [0.2, 0.25) is 0 Å². The Morgan fingerprint density at radius 3 is 2.47 bits per heavy atom. The van der Waals surface area contributed by atoms with Crippen LogP contribution >= 0.6 is 0 Å². The zero-order valence-electron chi connectivity index (χ0n) is 11.4. The van der Waals surface area contributed by atoms with E-state index in [1.54, 1.807) is 12.4 Å². The molecule has 1 unspecified atom stereocenters. The summed E-state index contributed by atoms with van der Waals surface area (Å²) in [6.45, 7) is 10.3. The maximum absolute atomic E-state index is 10.1. The lowest BCUT2D eigenvalue weighted by atomic mass is 9.87. The molecule has 0 aliphatic heterocycles. The Bertz CT molecular complexity index is 355. The molecule has 0 bridgehead atoms. The monoisotopic (exact) mass is 237 g/mol. The molecule has 17 heavy (non-hydrogen) atoms. The Balaban J connectivity index is 2.77. The van der Waals surface area contributed by atoms with E-state index in [4.69, 9.17) is 4.74 Å². The third kappa shape index (κ3) is 5.18. The second kappa shape index (κ2) is 5.50. The van der Waals surface area contributed by atoms with Gasteiger partial charge in [-0.25, -0.2) is 0 Å². The Kier molecular flexibility index (Phi) is 4.52. The maximum atomic E-state index is 10.1. The number of ether oxygens (including phenoxy) is 1. The van der Waals surface area contributed by atoms with Crippen molar-refractivity contribution in [2.75, 3.05) is 0 Å². The van der Waals surface area contributed by atoms with Gasteiger partial charge < -0.3 is 9.84 Å². The van der Waals surface area contributed by atoms with Crippen molar-refractivity contribution in [1.82, 2.24) is 4.98 Å². The van der Waals surface area contributed by atoms with Gasteiger partial charge in [-0.1, -0.05) is 20.8 Å². The Morgan fingerprint density at radius 2 is 1.94 bits per heavy atom. The molecule has 0 saturated heterocycles. The van der Waals surface area contributed by atoms with Gasteiger partial charge in [-0.2, -0.15) is 0 Å². The molecule has 96 valence electrons. The van der Waals surface area contributed by atoms with E-state index in [9.17, 15) is 5.11 Å². The highest BCUT2D eigenvalue weighted by atomic mass is 16.5. The normalized spacial score (nSPS) is 13.8. The van der Waals surface area contributed by atoms with E-state index >= 15 is 0 Å². The Labute approximate surface area is 104 Å². The third-order valence-corrected chi connectivity index (χ3v) is 2.30. The van der Waals surface area contributed by atoms with Crippen molar-refractivity contribution in [1.29, 1.82) is 0 Å². The topological polar surface area (TPSA) is 42.4 Å². The molecule has 0 saturated carbocycles. The summed E-state index contributed by atoms with van der Waals surface area (Å²) in [5.74, 6) is 0.713. The third-order valence-electron chi connectivity index (χ3n) is 2.30. The lowest BCUT2D eigenvalue weighted by molar-refractivity contribution is 0.121. The van der Waals surface area contributed by atoms with Gasteiger partial charge in [-0.05, 0) is 31.7 Å². The second-order valence-corrected chi connectivity index (χ2v) is 5.90. The van der Waals surface area contributed by atoms with Crippen LogP contribution in [0.25, 0.3) is 0 Å². The van der Waals surface area contributed by atoms with Gasteiger partial charge in [-0.15, -0.1) is 0 Å². The average molecular weight is 237 g/mol. The zero-order chi connectivity index (χ0) is 13.1. The first-order valence-corrected chi connectivity index (χ1v) is 6.07. The molecule has 0 radical (unpaired) electrons. The summed E-state index contributed by atoms with van der Waals surface area (Å²) >= 11 is 0. The Hall–Kier alpha value is -1.09. The van der Waals surface area contributed by atoms with E-state index in [-0.39, 0.29) is 11.5 Å². The Morgan fingerprint density at radius 1 is 1.29 bits per heavy atom. The van der Waals surface area contributed by atoms with E-state index in [1.807, 2.05) is 19.9 Å². The smallest absolute Gasteiger partial charge is 0.138 e. The van der Waals surface area contributed by atoms with Crippen molar-refractivity contribution in [2.45, 2.75) is 53.2 Å². The summed E-state index contributed by atoms with van der Waals surface area (Å²) in [6, 6.07) is 1.86. The molecular weight excluding hydrogens is 214 g/mol. The van der Waals surface area contributed by atoms with Crippen LogP contribution in [-0.4, -0.2) is 16.2 Å². The molecule has 1 aromatic heterocycles. The van der Waals surface area contributed by atoms with Crippen LogP contribution in [0.4, 0.5) is 0 Å². The van der Waals surface area contributed by atoms with Crippen LogP contribution in [0.1, 0.15) is 52.7 Å². The second-order valence-electron chi connectivity index (χ2n) is 5.90. The number of aliphatic hydroxyl groups is 1. The van der Waals surface area contributed by atoms with Crippen molar-refractivity contribution in [3.05, 3.63) is 24.0 Å². The summed E-state index contributed by atoms with van der Waals surface area (Å²) in [4.78, 5) is 4.10. The number of hydrogen-bond acceptors (Lipinski definition) is 3. The molecule has 0 aliphatic carbocycles. The van der Waals surface area contributed by atoms with Crippen LogP contribution < -0.4 is 4.74 Å². The van der Waals surface area contributed by atoms with Crippen molar-refractivity contribution in [2.24, 2.45) is 5.41 Å². The van der Waals surface area contributed by atoms with Crippen molar-refractivity contribution < 1.29 is 9.84 Å². The van der Waals surface area contributed by atoms with Gasteiger partial charge in [0.15, 0.2) is 0 Å². The van der Waals surface area contributed by atoms with Crippen molar-refractivity contribution in [3.63, 3.8) is 0 Å². The molecule has 0 aromatic carbocycles. The predicted octanol–water partition coefficient (Wildman–Crippen LogP) is 3.34. The number of aromatic nitrogens is 1. The number of rotatable bonds is 4. The van der Waals surface area contributed by atoms with Crippen LogP contribution in [0.3, 0.4) is 0 Å². The number of aliphatic hydroxyl groups excluding tert-OH is 1. The molecule has 1 N–H and O–H groups in total. The van der Waals surface area contributed by atoms with E-state index in [2.05, 4.69) is 25.8 Å². The van der Waals surface area contributed by atoms with Gasteiger partial charge in [0.25, 0.3) is 0 Å². The van der Waals surface area contributed by atoms with Gasteiger partial charge in [0, 0.05) is 11.8 Å². The zero-order valence-corrected chi connectivity index (χ0v) is 11.4. The van der Waals surface area contributed by atoms with Gasteiger partial charge in [-0.3, -0.25) is 4.98 Å². The highest BCUT2D eigenvalue weighted by Gasteiger charge is 2.18. The standard InChI is InChI=1S/C14H23NO2/c1-10(2)17-12-6-11(8-15-9-12)13(16)7-14(3,4)5/h6,8-10,13,16H,7H2,1-5H3. The molecule has 0 aliphatic rings. The van der Waals surface area contributed by atoms with E-state index in [0.717, 1.165) is 5.56 Å². The number of nitrogens with zero attached hydrogens (tertiary/aromatic N) is 1. The first kappa shape index (κ1) is 14.0. The van der Waals surface area contributed by atoms with E-state index in [0.29, 0.717) is 12.2 Å². The first-order chi connectivity index (χ1) is 7.78. The molecule has 3 heteroatoms. The predicted molar refractivity (Wildman–Crippen MR) is 69.0 cm³/mol. The minimum atomic E-state index is -0.488. The minimum Gasteiger partial charge on any atom is -0.489 e. The van der Waals surface area contributed by atoms with Crippen LogP contribution in [-0.2, 0) is 0 Å². The molecule has 3 nitrogen and oxygen atoms in total.